The van der Waals surface area contributed by atoms with E-state index in [2.05, 4.69) is 4.90 Å². The van der Waals surface area contributed by atoms with E-state index in [0.717, 1.165) is 18.7 Å². The Morgan fingerprint density at radius 3 is 2.69 bits per heavy atom. The minimum atomic E-state index is -0.205. The van der Waals surface area contributed by atoms with E-state index in [1.807, 2.05) is 19.9 Å². The molecule has 88 valence electrons. The Labute approximate surface area is 96.8 Å². The molecule has 1 saturated heterocycles. The highest BCUT2D eigenvalue weighted by Crippen LogP contribution is 2.24. The predicted octanol–water partition coefficient (Wildman–Crippen LogP) is 2.25. The number of rotatable bonds is 2. The average Bonchev–Trinajstić information content (AvgIpc) is 2.60. The summed E-state index contributed by atoms with van der Waals surface area (Å²) in [5.41, 5.74) is 2.21. The van der Waals surface area contributed by atoms with Crippen LogP contribution in [0, 0.1) is 0 Å². The Kier molecular flexibility index (Phi) is 3.44. The van der Waals surface area contributed by atoms with E-state index in [4.69, 9.17) is 4.74 Å². The molecular weight excluding hydrogens is 202 g/mol. The van der Waals surface area contributed by atoms with Crippen LogP contribution >= 0.6 is 0 Å². The van der Waals surface area contributed by atoms with Gasteiger partial charge in [0, 0.05) is 24.7 Å². The van der Waals surface area contributed by atoms with Crippen LogP contribution in [0.3, 0.4) is 0 Å². The van der Waals surface area contributed by atoms with Gasteiger partial charge in [0.05, 0.1) is 0 Å². The van der Waals surface area contributed by atoms with E-state index >= 15 is 0 Å². The second kappa shape index (κ2) is 4.83. The zero-order valence-electron chi connectivity index (χ0n) is 10.0. The Bertz CT molecular complexity index is 334. The van der Waals surface area contributed by atoms with Gasteiger partial charge >= 0.3 is 5.97 Å². The molecule has 16 heavy (non-hydrogen) atoms. The van der Waals surface area contributed by atoms with Crippen molar-refractivity contribution in [3.8, 4) is 0 Å². The summed E-state index contributed by atoms with van der Waals surface area (Å²) in [5.74, 6) is -0.205. The summed E-state index contributed by atoms with van der Waals surface area (Å²) in [6, 6.07) is 0. The van der Waals surface area contributed by atoms with Crippen LogP contribution in [0.2, 0.25) is 0 Å². The van der Waals surface area contributed by atoms with Crippen molar-refractivity contribution in [2.45, 2.75) is 39.3 Å². The van der Waals surface area contributed by atoms with Gasteiger partial charge in [0.2, 0.25) is 0 Å². The topological polar surface area (TPSA) is 29.5 Å². The first-order valence-corrected chi connectivity index (χ1v) is 5.98. The fraction of sp³-hybridized carbons (Fsp3) is 0.615. The molecule has 1 atom stereocenters. The van der Waals surface area contributed by atoms with Gasteiger partial charge in [-0.1, -0.05) is 18.1 Å². The van der Waals surface area contributed by atoms with Crippen LogP contribution in [0.5, 0.6) is 0 Å². The van der Waals surface area contributed by atoms with Gasteiger partial charge < -0.3 is 4.74 Å². The molecule has 0 radical (unpaired) electrons. The van der Waals surface area contributed by atoms with Crippen molar-refractivity contribution in [3.63, 3.8) is 0 Å². The van der Waals surface area contributed by atoms with Crippen LogP contribution in [0.1, 0.15) is 33.1 Å². The Balaban J connectivity index is 2.11. The molecule has 2 rings (SSSR count). The van der Waals surface area contributed by atoms with E-state index in [1.54, 1.807) is 6.08 Å². The van der Waals surface area contributed by atoms with Gasteiger partial charge in [-0.05, 0) is 26.7 Å². The molecule has 0 N–H and O–H groups in total. The normalized spacial score (nSPS) is 26.2. The van der Waals surface area contributed by atoms with Crippen molar-refractivity contribution >= 4 is 5.97 Å². The minimum absolute atomic E-state index is 0.136. The first-order chi connectivity index (χ1) is 7.66. The van der Waals surface area contributed by atoms with E-state index in [1.165, 1.54) is 24.8 Å². The first-order valence-electron chi connectivity index (χ1n) is 5.98. The maximum Gasteiger partial charge on any atom is 0.333 e. The number of hydrogen-bond donors (Lipinski definition) is 0. The largest absolute Gasteiger partial charge is 0.439 e. The summed E-state index contributed by atoms with van der Waals surface area (Å²) in [6.07, 6.45) is 7.23. The van der Waals surface area contributed by atoms with Gasteiger partial charge in [-0.3, -0.25) is 4.90 Å². The van der Waals surface area contributed by atoms with Gasteiger partial charge in [0.15, 0.2) is 6.23 Å². The molecule has 0 aromatic carbocycles. The van der Waals surface area contributed by atoms with Gasteiger partial charge in [0.1, 0.15) is 0 Å². The molecule has 1 unspecified atom stereocenters. The zero-order chi connectivity index (χ0) is 11.5. The lowest BCUT2D eigenvalue weighted by Gasteiger charge is -2.31. The zero-order valence-corrected chi connectivity index (χ0v) is 10.0. The number of allylic oxidation sites excluding steroid dienone is 1. The van der Waals surface area contributed by atoms with Gasteiger partial charge in [-0.2, -0.15) is 0 Å². The number of cyclic esters (lactones) is 1. The molecule has 2 heterocycles. The molecule has 0 bridgehead atoms. The number of nitrogens with zero attached hydrogens (tertiary/aromatic N) is 1. The third kappa shape index (κ3) is 2.53. The lowest BCUT2D eigenvalue weighted by molar-refractivity contribution is -0.146. The number of hydrogen-bond acceptors (Lipinski definition) is 3. The molecular formula is C13H19NO2. The number of ether oxygens (including phenoxy) is 1. The average molecular weight is 221 g/mol. The second-order valence-electron chi connectivity index (χ2n) is 4.75. The summed E-state index contributed by atoms with van der Waals surface area (Å²) in [5, 5.41) is 0. The molecule has 0 saturated carbocycles. The molecule has 0 aromatic rings. The summed E-state index contributed by atoms with van der Waals surface area (Å²) >= 11 is 0. The van der Waals surface area contributed by atoms with Crippen LogP contribution in [0.15, 0.2) is 23.3 Å². The summed E-state index contributed by atoms with van der Waals surface area (Å²) in [6.45, 7) is 6.14. The fourth-order valence-electron chi connectivity index (χ4n) is 2.30. The van der Waals surface area contributed by atoms with Crippen molar-refractivity contribution in [2.24, 2.45) is 0 Å². The van der Waals surface area contributed by atoms with Crippen LogP contribution in [0.4, 0.5) is 0 Å². The van der Waals surface area contributed by atoms with E-state index in [0.29, 0.717) is 0 Å². The van der Waals surface area contributed by atoms with Crippen molar-refractivity contribution in [3.05, 3.63) is 23.3 Å². The third-order valence-corrected chi connectivity index (χ3v) is 2.98. The lowest BCUT2D eigenvalue weighted by Crippen LogP contribution is -2.40. The Hall–Kier alpha value is -1.09. The standard InChI is InChI=1S/C13H19NO2/c1-10(2)8-11-9-12(15)16-13(11)14-6-4-3-5-7-14/h8-9,13H,3-7H2,1-2H3. The summed E-state index contributed by atoms with van der Waals surface area (Å²) in [7, 11) is 0. The van der Waals surface area contributed by atoms with Crippen LogP contribution < -0.4 is 0 Å². The maximum atomic E-state index is 11.3. The smallest absolute Gasteiger partial charge is 0.333 e. The molecule has 2 aliphatic heterocycles. The number of esters is 1. The fourth-order valence-corrected chi connectivity index (χ4v) is 2.30. The number of carbonyl (C=O) groups excluding carboxylic acids is 1. The third-order valence-electron chi connectivity index (χ3n) is 2.98. The van der Waals surface area contributed by atoms with Crippen molar-refractivity contribution in [1.29, 1.82) is 0 Å². The van der Waals surface area contributed by atoms with Crippen LogP contribution in [-0.4, -0.2) is 30.2 Å². The predicted molar refractivity (Wildman–Crippen MR) is 62.8 cm³/mol. The SMILES string of the molecule is CC(C)=CC1=CC(=O)OC1N1CCCCC1. The molecule has 0 spiro atoms. The minimum Gasteiger partial charge on any atom is -0.439 e. The van der Waals surface area contributed by atoms with Crippen molar-refractivity contribution < 1.29 is 9.53 Å². The maximum absolute atomic E-state index is 11.3. The van der Waals surface area contributed by atoms with Gasteiger partial charge in [-0.25, -0.2) is 4.79 Å². The molecule has 0 aromatic heterocycles. The monoisotopic (exact) mass is 221 g/mol. The molecule has 2 aliphatic rings. The Morgan fingerprint density at radius 1 is 1.38 bits per heavy atom. The number of likely N-dealkylation sites (tertiary alicyclic amines) is 1. The van der Waals surface area contributed by atoms with Gasteiger partial charge in [-0.15, -0.1) is 0 Å². The molecule has 3 heteroatoms. The molecule has 3 nitrogen and oxygen atoms in total. The number of piperidine rings is 1. The lowest BCUT2D eigenvalue weighted by atomic mass is 10.1. The Morgan fingerprint density at radius 2 is 2.06 bits per heavy atom. The highest BCUT2D eigenvalue weighted by atomic mass is 16.6. The molecule has 0 amide bonds. The van der Waals surface area contributed by atoms with Crippen molar-refractivity contribution in [2.75, 3.05) is 13.1 Å². The summed E-state index contributed by atoms with van der Waals surface area (Å²) < 4.78 is 5.36. The van der Waals surface area contributed by atoms with E-state index in [-0.39, 0.29) is 12.2 Å². The van der Waals surface area contributed by atoms with Crippen LogP contribution in [-0.2, 0) is 9.53 Å². The van der Waals surface area contributed by atoms with E-state index in [9.17, 15) is 4.79 Å². The highest BCUT2D eigenvalue weighted by molar-refractivity contribution is 5.86. The quantitative estimate of drug-likeness (QED) is 0.670. The summed E-state index contributed by atoms with van der Waals surface area (Å²) in [4.78, 5) is 13.6. The van der Waals surface area contributed by atoms with E-state index < -0.39 is 0 Å². The second-order valence-corrected chi connectivity index (χ2v) is 4.75. The van der Waals surface area contributed by atoms with Gasteiger partial charge in [0.25, 0.3) is 0 Å². The number of carbonyl (C=O) groups is 1. The molecule has 0 aliphatic carbocycles. The highest BCUT2D eigenvalue weighted by Gasteiger charge is 2.30. The van der Waals surface area contributed by atoms with Crippen LogP contribution in [0.25, 0.3) is 0 Å². The molecule has 1 fully saturated rings. The van der Waals surface area contributed by atoms with Crippen molar-refractivity contribution in [1.82, 2.24) is 4.90 Å². The first kappa shape index (κ1) is 11.4.